The molecule has 2 rings (SSSR count). The summed E-state index contributed by atoms with van der Waals surface area (Å²) in [5.74, 6) is 0.909. The lowest BCUT2D eigenvalue weighted by molar-refractivity contribution is 0.756. The Morgan fingerprint density at radius 1 is 1.28 bits per heavy atom. The molecular weight excluding hydrogens is 350 g/mol. The summed E-state index contributed by atoms with van der Waals surface area (Å²) in [7, 11) is 0. The predicted molar refractivity (Wildman–Crippen MR) is 85.9 cm³/mol. The Bertz CT molecular complexity index is 498. The van der Waals surface area contributed by atoms with Gasteiger partial charge in [0.2, 0.25) is 0 Å². The van der Waals surface area contributed by atoms with Crippen molar-refractivity contribution in [2.24, 2.45) is 5.73 Å². The maximum absolute atomic E-state index is 6.15. The van der Waals surface area contributed by atoms with Crippen LogP contribution in [-0.2, 0) is 6.42 Å². The molecule has 1 aromatic heterocycles. The first-order valence-electron chi connectivity index (χ1n) is 5.51. The van der Waals surface area contributed by atoms with Gasteiger partial charge in [0.05, 0.1) is 0 Å². The van der Waals surface area contributed by atoms with Gasteiger partial charge in [-0.15, -0.1) is 23.1 Å². The van der Waals surface area contributed by atoms with Crippen molar-refractivity contribution in [3.05, 3.63) is 50.1 Å². The van der Waals surface area contributed by atoms with E-state index in [2.05, 4.69) is 27.4 Å². The van der Waals surface area contributed by atoms with Gasteiger partial charge in [-0.25, -0.2) is 0 Å². The smallest absolute Gasteiger partial charge is 0.0406 e. The second kappa shape index (κ2) is 6.96. The summed E-state index contributed by atoms with van der Waals surface area (Å²) in [6.45, 7) is 0. The van der Waals surface area contributed by atoms with Gasteiger partial charge < -0.3 is 5.73 Å². The summed E-state index contributed by atoms with van der Waals surface area (Å²) in [5, 5.41) is 2.85. The Labute approximate surface area is 129 Å². The standard InChI is InChI=1S/C13H13BrClNS2/c14-12-5-6-17-13(12)7-10(16)8-18-11-3-1-9(15)2-4-11/h1-6,10H,7-8,16H2. The first-order valence-corrected chi connectivity index (χ1v) is 8.54. The summed E-state index contributed by atoms with van der Waals surface area (Å²) in [4.78, 5) is 2.53. The molecule has 0 fully saturated rings. The Kier molecular flexibility index (Phi) is 5.57. The molecule has 1 nitrogen and oxygen atoms in total. The Morgan fingerprint density at radius 3 is 2.61 bits per heavy atom. The largest absolute Gasteiger partial charge is 0.327 e. The molecule has 0 aliphatic rings. The van der Waals surface area contributed by atoms with Crippen LogP contribution in [0.15, 0.2) is 45.1 Å². The molecule has 18 heavy (non-hydrogen) atoms. The van der Waals surface area contributed by atoms with Crippen molar-refractivity contribution >= 4 is 50.6 Å². The highest BCUT2D eigenvalue weighted by molar-refractivity contribution is 9.10. The maximum Gasteiger partial charge on any atom is 0.0406 e. The molecule has 0 saturated heterocycles. The molecule has 0 spiro atoms. The van der Waals surface area contributed by atoms with E-state index in [9.17, 15) is 0 Å². The van der Waals surface area contributed by atoms with E-state index in [0.29, 0.717) is 0 Å². The van der Waals surface area contributed by atoms with Crippen LogP contribution in [0.1, 0.15) is 4.88 Å². The van der Waals surface area contributed by atoms with Crippen LogP contribution in [0.3, 0.4) is 0 Å². The fourth-order valence-corrected chi connectivity index (χ4v) is 4.09. The molecule has 0 bridgehead atoms. The van der Waals surface area contributed by atoms with Crippen LogP contribution in [0.5, 0.6) is 0 Å². The van der Waals surface area contributed by atoms with E-state index in [0.717, 1.165) is 17.2 Å². The van der Waals surface area contributed by atoms with E-state index in [1.807, 2.05) is 24.3 Å². The van der Waals surface area contributed by atoms with Gasteiger partial charge >= 0.3 is 0 Å². The molecule has 2 N–H and O–H groups in total. The van der Waals surface area contributed by atoms with Crippen LogP contribution in [0.2, 0.25) is 5.02 Å². The number of halogens is 2. The average Bonchev–Trinajstić information content (AvgIpc) is 2.74. The Hall–Kier alpha value is -0.000000000000000111. The summed E-state index contributed by atoms with van der Waals surface area (Å²) in [6.07, 6.45) is 0.916. The third-order valence-electron chi connectivity index (χ3n) is 2.42. The number of hydrogen-bond donors (Lipinski definition) is 1. The maximum atomic E-state index is 6.15. The zero-order valence-corrected chi connectivity index (χ0v) is 13.6. The third kappa shape index (κ3) is 4.28. The quantitative estimate of drug-likeness (QED) is 0.771. The van der Waals surface area contributed by atoms with E-state index >= 15 is 0 Å². The molecule has 5 heteroatoms. The highest BCUT2D eigenvalue weighted by Gasteiger charge is 2.09. The summed E-state index contributed by atoms with van der Waals surface area (Å²) in [6, 6.07) is 10.1. The lowest BCUT2D eigenvalue weighted by Gasteiger charge is -2.10. The molecule has 2 aromatic rings. The molecule has 1 aromatic carbocycles. The van der Waals surface area contributed by atoms with Crippen molar-refractivity contribution in [1.82, 2.24) is 0 Å². The summed E-state index contributed by atoms with van der Waals surface area (Å²) >= 11 is 12.9. The van der Waals surface area contributed by atoms with Gasteiger partial charge in [-0.2, -0.15) is 0 Å². The number of benzene rings is 1. The van der Waals surface area contributed by atoms with Crippen molar-refractivity contribution in [2.75, 3.05) is 5.75 Å². The molecule has 0 aliphatic carbocycles. The van der Waals surface area contributed by atoms with Crippen molar-refractivity contribution < 1.29 is 0 Å². The highest BCUT2D eigenvalue weighted by atomic mass is 79.9. The van der Waals surface area contributed by atoms with E-state index in [-0.39, 0.29) is 6.04 Å². The fourth-order valence-electron chi connectivity index (χ4n) is 1.50. The lowest BCUT2D eigenvalue weighted by atomic mass is 10.2. The van der Waals surface area contributed by atoms with Crippen LogP contribution in [0.25, 0.3) is 0 Å². The molecule has 1 heterocycles. The topological polar surface area (TPSA) is 26.0 Å². The molecule has 0 aliphatic heterocycles. The number of thiophene rings is 1. The van der Waals surface area contributed by atoms with Crippen LogP contribution < -0.4 is 5.73 Å². The Balaban J connectivity index is 1.83. The fraction of sp³-hybridized carbons (Fsp3) is 0.231. The monoisotopic (exact) mass is 361 g/mol. The minimum Gasteiger partial charge on any atom is -0.327 e. The zero-order valence-electron chi connectivity index (χ0n) is 9.61. The number of rotatable bonds is 5. The number of nitrogens with two attached hydrogens (primary N) is 1. The van der Waals surface area contributed by atoms with Crippen LogP contribution in [-0.4, -0.2) is 11.8 Å². The minimum atomic E-state index is 0.167. The summed E-state index contributed by atoms with van der Waals surface area (Å²) in [5.41, 5.74) is 6.15. The van der Waals surface area contributed by atoms with Gasteiger partial charge in [-0.1, -0.05) is 11.6 Å². The average molecular weight is 363 g/mol. The van der Waals surface area contributed by atoms with Gasteiger partial charge in [0.15, 0.2) is 0 Å². The van der Waals surface area contributed by atoms with E-state index in [1.54, 1.807) is 23.1 Å². The van der Waals surface area contributed by atoms with Gasteiger partial charge in [-0.05, 0) is 58.1 Å². The molecule has 96 valence electrons. The number of hydrogen-bond acceptors (Lipinski definition) is 3. The van der Waals surface area contributed by atoms with Gasteiger partial charge in [0.25, 0.3) is 0 Å². The lowest BCUT2D eigenvalue weighted by Crippen LogP contribution is -2.25. The van der Waals surface area contributed by atoms with Gasteiger partial charge in [0, 0.05) is 31.1 Å². The number of thioether (sulfide) groups is 1. The van der Waals surface area contributed by atoms with E-state index < -0.39 is 0 Å². The third-order valence-corrected chi connectivity index (χ3v) is 5.82. The molecule has 1 atom stereocenters. The predicted octanol–water partition coefficient (Wildman–Crippen LogP) is 4.83. The SMILES string of the molecule is NC(CSc1ccc(Cl)cc1)Cc1sccc1Br. The first kappa shape index (κ1) is 14.4. The second-order valence-electron chi connectivity index (χ2n) is 3.92. The van der Waals surface area contributed by atoms with E-state index in [4.69, 9.17) is 17.3 Å². The molecule has 0 saturated carbocycles. The van der Waals surface area contributed by atoms with Gasteiger partial charge in [-0.3, -0.25) is 0 Å². The zero-order chi connectivity index (χ0) is 13.0. The van der Waals surface area contributed by atoms with Crippen molar-refractivity contribution in [2.45, 2.75) is 17.4 Å². The van der Waals surface area contributed by atoms with E-state index in [1.165, 1.54) is 14.2 Å². The Morgan fingerprint density at radius 2 is 2.00 bits per heavy atom. The molecule has 0 radical (unpaired) electrons. The second-order valence-corrected chi connectivity index (χ2v) is 7.31. The molecule has 0 amide bonds. The van der Waals surface area contributed by atoms with Crippen molar-refractivity contribution in [3.8, 4) is 0 Å². The van der Waals surface area contributed by atoms with Crippen molar-refractivity contribution in [1.29, 1.82) is 0 Å². The van der Waals surface area contributed by atoms with Crippen LogP contribution in [0, 0.1) is 0 Å². The summed E-state index contributed by atoms with van der Waals surface area (Å²) < 4.78 is 1.17. The van der Waals surface area contributed by atoms with Crippen LogP contribution >= 0.6 is 50.6 Å². The minimum absolute atomic E-state index is 0.167. The van der Waals surface area contributed by atoms with Crippen molar-refractivity contribution in [3.63, 3.8) is 0 Å². The molecular formula is C13H13BrClNS2. The molecule has 1 unspecified atom stereocenters. The van der Waals surface area contributed by atoms with Crippen LogP contribution in [0.4, 0.5) is 0 Å². The highest BCUT2D eigenvalue weighted by Crippen LogP contribution is 2.26. The normalized spacial score (nSPS) is 12.6. The van der Waals surface area contributed by atoms with Gasteiger partial charge in [0.1, 0.15) is 0 Å². The first-order chi connectivity index (χ1) is 8.65.